The average molecular weight is 477 g/mol. The van der Waals surface area contributed by atoms with E-state index in [1.165, 1.54) is 12.1 Å². The van der Waals surface area contributed by atoms with E-state index < -0.39 is 0 Å². The van der Waals surface area contributed by atoms with E-state index in [0.717, 1.165) is 22.0 Å². The van der Waals surface area contributed by atoms with E-state index in [-0.39, 0.29) is 25.1 Å². The van der Waals surface area contributed by atoms with Crippen LogP contribution in [0.4, 0.5) is 4.39 Å². The van der Waals surface area contributed by atoms with Gasteiger partial charge in [-0.15, -0.1) is 0 Å². The molecule has 1 aliphatic rings. The first-order valence-electron chi connectivity index (χ1n) is 11.4. The fourth-order valence-corrected chi connectivity index (χ4v) is 4.22. The maximum absolute atomic E-state index is 14.0. The summed E-state index contributed by atoms with van der Waals surface area (Å²) in [7, 11) is 0. The first kappa shape index (κ1) is 22.9. The Hall–Kier alpha value is -3.91. The second-order valence-corrected chi connectivity index (χ2v) is 8.46. The molecule has 0 fully saturated rings. The zero-order chi connectivity index (χ0) is 24.4. The summed E-state index contributed by atoms with van der Waals surface area (Å²) in [4.78, 5) is 13.2. The molecule has 0 bridgehead atoms. The predicted molar refractivity (Wildman–Crippen MR) is 127 cm³/mol. The number of hydrogen-bond donors (Lipinski definition) is 1. The van der Waals surface area contributed by atoms with Gasteiger partial charge in [0, 0.05) is 12.1 Å². The van der Waals surface area contributed by atoms with E-state index in [2.05, 4.69) is 10.5 Å². The summed E-state index contributed by atoms with van der Waals surface area (Å²) < 4.78 is 36.2. The van der Waals surface area contributed by atoms with Crippen LogP contribution < -0.4 is 14.8 Å². The second kappa shape index (κ2) is 9.76. The van der Waals surface area contributed by atoms with Crippen molar-refractivity contribution in [1.82, 2.24) is 10.5 Å². The van der Waals surface area contributed by atoms with Crippen molar-refractivity contribution in [2.75, 3.05) is 13.3 Å². The first-order valence-corrected chi connectivity index (χ1v) is 11.4. The molecule has 0 radical (unpaired) electrons. The van der Waals surface area contributed by atoms with Crippen molar-refractivity contribution in [3.05, 3.63) is 88.1 Å². The Kier molecular flexibility index (Phi) is 6.37. The molecule has 0 unspecified atom stereocenters. The van der Waals surface area contributed by atoms with Gasteiger partial charge in [-0.05, 0) is 60.9 Å². The van der Waals surface area contributed by atoms with Crippen molar-refractivity contribution in [1.29, 1.82) is 0 Å². The van der Waals surface area contributed by atoms with Gasteiger partial charge in [0.15, 0.2) is 6.79 Å². The van der Waals surface area contributed by atoms with Crippen molar-refractivity contribution in [3.8, 4) is 11.5 Å². The summed E-state index contributed by atoms with van der Waals surface area (Å²) in [5.74, 6) is 1.13. The molecule has 1 N–H and O–H groups in total. The van der Waals surface area contributed by atoms with Gasteiger partial charge in [0.05, 0.1) is 23.4 Å². The van der Waals surface area contributed by atoms with Crippen molar-refractivity contribution in [2.45, 2.75) is 33.5 Å². The molecule has 7 nitrogen and oxygen atoms in total. The number of fused-ring (bicyclic) bond motifs is 2. The minimum absolute atomic E-state index is 0.126. The third-order valence-corrected chi connectivity index (χ3v) is 6.08. The predicted octanol–water partition coefficient (Wildman–Crippen LogP) is 5.00. The Morgan fingerprint density at radius 3 is 2.71 bits per heavy atom. The van der Waals surface area contributed by atoms with Gasteiger partial charge in [-0.2, -0.15) is 0 Å². The smallest absolute Gasteiger partial charge is 0.255 e. The summed E-state index contributed by atoms with van der Waals surface area (Å²) in [6.07, 6.45) is 0.411. The SMILES string of the molecule is Cc1noc(C)c1COc1cc2ccccc2cc1C(=O)NCCc1cc(F)cc2c1OCOC2. The van der Waals surface area contributed by atoms with Gasteiger partial charge in [-0.25, -0.2) is 4.39 Å². The number of benzene rings is 3. The number of hydrogen-bond acceptors (Lipinski definition) is 6. The quantitative estimate of drug-likeness (QED) is 0.404. The van der Waals surface area contributed by atoms with E-state index in [1.54, 1.807) is 0 Å². The highest BCUT2D eigenvalue weighted by Gasteiger charge is 2.19. The van der Waals surface area contributed by atoms with Crippen LogP contribution >= 0.6 is 0 Å². The highest BCUT2D eigenvalue weighted by molar-refractivity contribution is 6.01. The Bertz CT molecular complexity index is 1380. The Labute approximate surface area is 201 Å². The largest absolute Gasteiger partial charge is 0.488 e. The highest BCUT2D eigenvalue weighted by Crippen LogP contribution is 2.30. The maximum atomic E-state index is 14.0. The van der Waals surface area contributed by atoms with Crippen LogP contribution in [0.3, 0.4) is 0 Å². The van der Waals surface area contributed by atoms with Crippen molar-refractivity contribution in [2.24, 2.45) is 0 Å². The number of carbonyl (C=O) groups is 1. The summed E-state index contributed by atoms with van der Waals surface area (Å²) >= 11 is 0. The number of aryl methyl sites for hydroxylation is 2. The summed E-state index contributed by atoms with van der Waals surface area (Å²) in [6.45, 7) is 4.64. The average Bonchev–Trinajstić information content (AvgIpc) is 3.18. The van der Waals surface area contributed by atoms with Crippen molar-refractivity contribution >= 4 is 16.7 Å². The van der Waals surface area contributed by atoms with Crippen LogP contribution in [-0.2, 0) is 24.4 Å². The lowest BCUT2D eigenvalue weighted by Gasteiger charge is -2.21. The number of nitrogens with zero attached hydrogens (tertiary/aromatic N) is 1. The Morgan fingerprint density at radius 1 is 1.14 bits per heavy atom. The number of carbonyl (C=O) groups excluding carboxylic acids is 1. The zero-order valence-corrected chi connectivity index (χ0v) is 19.5. The zero-order valence-electron chi connectivity index (χ0n) is 19.5. The lowest BCUT2D eigenvalue weighted by Crippen LogP contribution is -2.26. The second-order valence-electron chi connectivity index (χ2n) is 8.46. The summed E-state index contributed by atoms with van der Waals surface area (Å²) in [5, 5.41) is 8.79. The third kappa shape index (κ3) is 4.83. The maximum Gasteiger partial charge on any atom is 0.255 e. The first-order chi connectivity index (χ1) is 17.0. The number of amides is 1. The lowest BCUT2D eigenvalue weighted by atomic mass is 10.0. The van der Waals surface area contributed by atoms with Gasteiger partial charge in [0.2, 0.25) is 0 Å². The molecule has 180 valence electrons. The molecule has 0 saturated carbocycles. The van der Waals surface area contributed by atoms with E-state index in [9.17, 15) is 9.18 Å². The monoisotopic (exact) mass is 476 g/mol. The lowest BCUT2D eigenvalue weighted by molar-refractivity contribution is -0.0172. The topological polar surface area (TPSA) is 82.8 Å². The van der Waals surface area contributed by atoms with E-state index in [4.69, 9.17) is 18.7 Å². The van der Waals surface area contributed by atoms with Gasteiger partial charge >= 0.3 is 0 Å². The van der Waals surface area contributed by atoms with Crippen LogP contribution in [0.1, 0.15) is 38.5 Å². The molecule has 1 aromatic heterocycles. The molecule has 1 aliphatic heterocycles. The van der Waals surface area contributed by atoms with Crippen molar-refractivity contribution < 1.29 is 27.9 Å². The van der Waals surface area contributed by atoms with Gasteiger partial charge in [-0.3, -0.25) is 4.79 Å². The molecule has 8 heteroatoms. The highest BCUT2D eigenvalue weighted by atomic mass is 19.1. The van der Waals surface area contributed by atoms with Gasteiger partial charge in [0.25, 0.3) is 5.91 Å². The fourth-order valence-electron chi connectivity index (χ4n) is 4.22. The van der Waals surface area contributed by atoms with E-state index in [1.807, 2.05) is 50.2 Å². The standard InChI is InChI=1S/C27H25FN2O5/c1-16-24(17(2)35-30-16)14-33-25-12-19-6-4-3-5-18(19)11-23(25)27(31)29-8-7-20-9-22(28)10-21-13-32-15-34-26(20)21/h3-6,9-12H,7-8,13-15H2,1-2H3,(H,29,31). The Balaban J connectivity index is 1.35. The normalized spacial score (nSPS) is 12.8. The van der Waals surface area contributed by atoms with Gasteiger partial charge < -0.3 is 24.1 Å². The number of rotatable bonds is 7. The molecule has 0 atom stereocenters. The van der Waals surface area contributed by atoms with Crippen LogP contribution in [0.15, 0.2) is 53.1 Å². The third-order valence-electron chi connectivity index (χ3n) is 6.08. The number of nitrogens with one attached hydrogen (secondary N) is 1. The molecule has 1 amide bonds. The van der Waals surface area contributed by atoms with Crippen LogP contribution in [-0.4, -0.2) is 24.4 Å². The van der Waals surface area contributed by atoms with Crippen LogP contribution in [0, 0.1) is 19.7 Å². The molecule has 4 aromatic rings. The van der Waals surface area contributed by atoms with Crippen LogP contribution in [0.5, 0.6) is 11.5 Å². The molecule has 35 heavy (non-hydrogen) atoms. The molecular weight excluding hydrogens is 451 g/mol. The van der Waals surface area contributed by atoms with Gasteiger partial charge in [-0.1, -0.05) is 29.4 Å². The molecule has 0 spiro atoms. The van der Waals surface area contributed by atoms with Crippen LogP contribution in [0.25, 0.3) is 10.8 Å². The van der Waals surface area contributed by atoms with E-state index in [0.29, 0.717) is 53.5 Å². The minimum atomic E-state index is -0.358. The number of ether oxygens (including phenoxy) is 3. The van der Waals surface area contributed by atoms with Crippen molar-refractivity contribution in [3.63, 3.8) is 0 Å². The molecule has 0 saturated heterocycles. The molecular formula is C27H25FN2O5. The van der Waals surface area contributed by atoms with E-state index >= 15 is 0 Å². The molecule has 2 heterocycles. The molecule has 3 aromatic carbocycles. The minimum Gasteiger partial charge on any atom is -0.488 e. The summed E-state index contributed by atoms with van der Waals surface area (Å²) in [5.41, 5.74) is 3.38. The van der Waals surface area contributed by atoms with Crippen LogP contribution in [0.2, 0.25) is 0 Å². The molecule has 0 aliphatic carbocycles. The molecule has 5 rings (SSSR count). The fraction of sp³-hybridized carbons (Fsp3) is 0.259. The van der Waals surface area contributed by atoms with Gasteiger partial charge in [0.1, 0.15) is 29.7 Å². The number of halogens is 1. The Morgan fingerprint density at radius 2 is 1.94 bits per heavy atom. The number of aromatic nitrogens is 1. The summed E-state index contributed by atoms with van der Waals surface area (Å²) in [6, 6.07) is 14.3.